The molecule has 1 radical (unpaired) electrons. The Bertz CT molecular complexity index is 3230. The number of anilines is 2. The number of nitrogens with one attached hydrogen (secondary N) is 1. The lowest BCUT2D eigenvalue weighted by Gasteiger charge is -2.42. The van der Waals surface area contributed by atoms with E-state index in [2.05, 4.69) is 190 Å². The summed E-state index contributed by atoms with van der Waals surface area (Å²) in [6.07, 6.45) is 2.35. The van der Waals surface area contributed by atoms with Crippen LogP contribution in [-0.4, -0.2) is 11.8 Å². The van der Waals surface area contributed by atoms with Gasteiger partial charge < -0.3 is 9.88 Å². The Hall–Kier alpha value is -4.84. The summed E-state index contributed by atoms with van der Waals surface area (Å²) in [5, 5.41) is 10.7. The molecule has 0 fully saturated rings. The van der Waals surface area contributed by atoms with Gasteiger partial charge in [0.25, 0.3) is 0 Å². The molecule has 6 aromatic carbocycles. The highest BCUT2D eigenvalue weighted by atomic mass is 32.1. The number of hydrogen-bond acceptors (Lipinski definition) is 3. The van der Waals surface area contributed by atoms with Crippen molar-refractivity contribution in [2.45, 2.75) is 104 Å². The third-order valence-corrected chi connectivity index (χ3v) is 16.1. The van der Waals surface area contributed by atoms with Crippen LogP contribution in [0.4, 0.5) is 11.4 Å². The molecule has 3 aromatic heterocycles. The first-order valence-corrected chi connectivity index (χ1v) is 23.0. The summed E-state index contributed by atoms with van der Waals surface area (Å²) in [6, 6.07) is 40.1. The van der Waals surface area contributed by atoms with Gasteiger partial charge in [0.05, 0.1) is 11.2 Å². The molecule has 1 N–H and O–H groups in total. The van der Waals surface area contributed by atoms with Gasteiger partial charge in [-0.25, -0.2) is 0 Å². The normalized spacial score (nSPS) is 15.9. The van der Waals surface area contributed by atoms with Crippen LogP contribution in [0.3, 0.4) is 0 Å². The molecule has 1 aliphatic carbocycles. The number of nitrogens with zero attached hydrogens (tertiary/aromatic N) is 1. The fourth-order valence-electron chi connectivity index (χ4n) is 10.1. The smallest absolute Gasteiger partial charge is 0.211 e. The van der Waals surface area contributed by atoms with E-state index in [0.717, 1.165) is 5.69 Å². The lowest BCUT2D eigenvalue weighted by Crippen LogP contribution is -2.36. The third-order valence-electron chi connectivity index (χ3n) is 13.8. The number of hydrogen-bond donors (Lipinski definition) is 1. The van der Waals surface area contributed by atoms with Crippen molar-refractivity contribution >= 4 is 104 Å². The van der Waals surface area contributed by atoms with Gasteiger partial charge in [0, 0.05) is 63.5 Å². The van der Waals surface area contributed by atoms with Crippen molar-refractivity contribution in [2.75, 3.05) is 5.32 Å². The first kappa shape index (κ1) is 37.2. The molecule has 0 atom stereocenters. The molecule has 4 heterocycles. The minimum absolute atomic E-state index is 0.0506. The summed E-state index contributed by atoms with van der Waals surface area (Å²) >= 11 is 3.84. The monoisotopic (exact) mass is 803 g/mol. The molecule has 1 aliphatic heterocycles. The molecule has 5 heteroatoms. The van der Waals surface area contributed by atoms with E-state index in [1.54, 1.807) is 0 Å². The Balaban J connectivity index is 1.22. The number of benzene rings is 6. The Morgan fingerprint density at radius 3 is 1.98 bits per heavy atom. The van der Waals surface area contributed by atoms with E-state index < -0.39 is 0 Å². The first-order chi connectivity index (χ1) is 28.0. The molecule has 9 aromatic rings. The average Bonchev–Trinajstić information content (AvgIpc) is 3.84. The highest BCUT2D eigenvalue weighted by Gasteiger charge is 2.39. The molecule has 59 heavy (non-hydrogen) atoms. The van der Waals surface area contributed by atoms with Gasteiger partial charge in [-0.2, -0.15) is 0 Å². The zero-order chi connectivity index (χ0) is 41.0. The number of fused-ring (bicyclic) bond motifs is 11. The van der Waals surface area contributed by atoms with Crippen LogP contribution in [0, 0.1) is 0 Å². The van der Waals surface area contributed by atoms with Crippen LogP contribution in [0.1, 0.15) is 104 Å². The van der Waals surface area contributed by atoms with Gasteiger partial charge in [-0.05, 0) is 127 Å². The maximum absolute atomic E-state index is 4.00. The van der Waals surface area contributed by atoms with E-state index in [0.29, 0.717) is 0 Å². The Kier molecular flexibility index (Phi) is 7.79. The minimum Gasteiger partial charge on any atom is -0.355 e. The molecule has 2 aliphatic rings. The fourth-order valence-corrected chi connectivity index (χ4v) is 12.4. The number of thiophene rings is 2. The maximum Gasteiger partial charge on any atom is 0.211 e. The van der Waals surface area contributed by atoms with E-state index in [1.807, 2.05) is 22.7 Å². The quantitative estimate of drug-likeness (QED) is 0.176. The lowest BCUT2D eigenvalue weighted by molar-refractivity contribution is 0.332. The molecular weight excluding hydrogens is 752 g/mol. The van der Waals surface area contributed by atoms with Crippen molar-refractivity contribution in [1.82, 2.24) is 4.57 Å². The van der Waals surface area contributed by atoms with Crippen LogP contribution < -0.4 is 15.6 Å². The van der Waals surface area contributed by atoms with Crippen molar-refractivity contribution in [3.63, 3.8) is 0 Å². The Morgan fingerprint density at radius 1 is 0.576 bits per heavy atom. The van der Waals surface area contributed by atoms with Crippen molar-refractivity contribution in [2.24, 2.45) is 0 Å². The molecule has 0 amide bonds. The van der Waals surface area contributed by atoms with E-state index in [9.17, 15) is 0 Å². The second-order valence-electron chi connectivity index (χ2n) is 20.8. The molecule has 11 rings (SSSR count). The van der Waals surface area contributed by atoms with Gasteiger partial charge in [0.2, 0.25) is 7.28 Å². The molecular formula is C54H52BN2S2. The highest BCUT2D eigenvalue weighted by Crippen LogP contribution is 2.50. The third kappa shape index (κ3) is 5.63. The average molecular weight is 804 g/mol. The number of aromatic nitrogens is 1. The van der Waals surface area contributed by atoms with Gasteiger partial charge in [-0.3, -0.25) is 0 Å². The molecule has 0 unspecified atom stereocenters. The van der Waals surface area contributed by atoms with Gasteiger partial charge in [0.1, 0.15) is 0 Å². The Morgan fingerprint density at radius 2 is 1.25 bits per heavy atom. The van der Waals surface area contributed by atoms with E-state index in [-0.39, 0.29) is 21.7 Å². The topological polar surface area (TPSA) is 17.0 Å². The summed E-state index contributed by atoms with van der Waals surface area (Å²) in [4.78, 5) is 0. The van der Waals surface area contributed by atoms with Crippen LogP contribution in [0.25, 0.3) is 68.9 Å². The van der Waals surface area contributed by atoms with Crippen molar-refractivity contribution < 1.29 is 0 Å². The first-order valence-electron chi connectivity index (χ1n) is 21.4. The lowest BCUT2D eigenvalue weighted by atomic mass is 9.61. The summed E-state index contributed by atoms with van der Waals surface area (Å²) < 4.78 is 8.00. The minimum atomic E-state index is 0.0506. The maximum atomic E-state index is 4.00. The summed E-state index contributed by atoms with van der Waals surface area (Å²) in [5.74, 6) is 0. The molecule has 0 saturated heterocycles. The van der Waals surface area contributed by atoms with Crippen LogP contribution in [0.2, 0.25) is 0 Å². The van der Waals surface area contributed by atoms with Crippen LogP contribution in [0.5, 0.6) is 0 Å². The van der Waals surface area contributed by atoms with Crippen LogP contribution >= 0.6 is 22.7 Å². The van der Waals surface area contributed by atoms with E-state index in [1.165, 1.54) is 120 Å². The SMILES string of the molecule is CC(C)(C)c1ccc(Nc2cc3c(cc2-c2ccc4c5cc6c(cc5n5c4c2[B]c2sc4ccc(C(C)(C)C)cc4c2-5)sc2ccccc26)C(C)(C)CCC3(C)C)cc1. The molecule has 293 valence electrons. The van der Waals surface area contributed by atoms with Gasteiger partial charge in [-0.1, -0.05) is 118 Å². The van der Waals surface area contributed by atoms with Crippen molar-refractivity contribution in [3.8, 4) is 16.8 Å². The van der Waals surface area contributed by atoms with Crippen molar-refractivity contribution in [3.05, 3.63) is 125 Å². The van der Waals surface area contributed by atoms with E-state index >= 15 is 0 Å². The van der Waals surface area contributed by atoms with Gasteiger partial charge in [0.15, 0.2) is 0 Å². The Labute approximate surface area is 357 Å². The fraction of sp³-hybridized carbons (Fsp3) is 0.296. The second kappa shape index (κ2) is 12.4. The van der Waals surface area contributed by atoms with Crippen LogP contribution in [-0.2, 0) is 21.7 Å². The van der Waals surface area contributed by atoms with Crippen LogP contribution in [0.15, 0.2) is 103 Å². The zero-order valence-corrected chi connectivity index (χ0v) is 37.7. The molecule has 2 nitrogen and oxygen atoms in total. The summed E-state index contributed by atoms with van der Waals surface area (Å²) in [7, 11) is 2.53. The summed E-state index contributed by atoms with van der Waals surface area (Å²) in [5.41, 5.74) is 16.0. The predicted molar refractivity (Wildman–Crippen MR) is 262 cm³/mol. The van der Waals surface area contributed by atoms with Gasteiger partial charge >= 0.3 is 0 Å². The largest absolute Gasteiger partial charge is 0.355 e. The standard InChI is InChI=1S/C54H52BN2S2/c1-51(2,3)30-15-18-32(19-16-30)56-42-28-41-40(53(7,8)23-24-54(41,9)10)27-36(42)34-20-21-35-37-26-38-33-13-11-12-14-44(33)58-46(38)29-43(37)57-48(35)47(34)55-50-49(57)39-25-31(52(4,5)6)17-22-45(39)59-50/h11-22,25-29,56H,23-24H2,1-10H3. The highest BCUT2D eigenvalue weighted by molar-refractivity contribution is 7.29. The summed E-state index contributed by atoms with van der Waals surface area (Å²) in [6.45, 7) is 23.6. The molecule has 0 spiro atoms. The van der Waals surface area contributed by atoms with E-state index in [4.69, 9.17) is 0 Å². The molecule has 0 saturated carbocycles. The number of rotatable bonds is 3. The van der Waals surface area contributed by atoms with Gasteiger partial charge in [-0.15, -0.1) is 22.7 Å². The predicted octanol–water partition coefficient (Wildman–Crippen LogP) is 14.7. The van der Waals surface area contributed by atoms with Crippen molar-refractivity contribution in [1.29, 1.82) is 0 Å². The second-order valence-corrected chi connectivity index (χ2v) is 23.0. The zero-order valence-electron chi connectivity index (χ0n) is 36.1. The molecule has 0 bridgehead atoms.